The molecule has 39 heavy (non-hydrogen) atoms. The molecule has 1 aromatic heterocycles. The van der Waals surface area contributed by atoms with Crippen LogP contribution in [0.3, 0.4) is 0 Å². The van der Waals surface area contributed by atoms with Gasteiger partial charge in [0.15, 0.2) is 11.6 Å². The number of halogens is 6. The average Bonchev–Trinajstić information content (AvgIpc) is 2.87. The standard InChI is InChI=1S/C27H26ClF5N2O3.Na/c28-21-16-34-23-6-3-17(27(31,32)33)14-20(23)19(21)2-1-7-26(25(36)37)8-10-35(11-9-26)12-13-38-24-15-18(29)4-5-22(24)30;/h3-6,14-16H,1-2,7-13H2,(H,36,37);/q;+1/p-1. The molecule has 5 nitrogen and oxygen atoms in total. The monoisotopic (exact) mass is 578 g/mol. The molecule has 2 heterocycles. The Hall–Kier alpha value is -1.98. The second kappa shape index (κ2) is 13.1. The van der Waals surface area contributed by atoms with E-state index >= 15 is 0 Å². The maximum atomic E-state index is 13.7. The van der Waals surface area contributed by atoms with Gasteiger partial charge >= 0.3 is 35.7 Å². The molecule has 0 spiro atoms. The van der Waals surface area contributed by atoms with Gasteiger partial charge in [0.25, 0.3) is 0 Å². The second-order valence-corrected chi connectivity index (χ2v) is 9.91. The van der Waals surface area contributed by atoms with E-state index in [0.717, 1.165) is 30.3 Å². The summed E-state index contributed by atoms with van der Waals surface area (Å²) in [4.78, 5) is 18.2. The molecule has 0 aliphatic carbocycles. The molecule has 0 bridgehead atoms. The fourth-order valence-electron chi connectivity index (χ4n) is 4.89. The van der Waals surface area contributed by atoms with Crippen LogP contribution < -0.4 is 39.4 Å². The van der Waals surface area contributed by atoms with Gasteiger partial charge in [-0.2, -0.15) is 13.2 Å². The van der Waals surface area contributed by atoms with Gasteiger partial charge in [0.05, 0.1) is 16.1 Å². The molecule has 204 valence electrons. The largest absolute Gasteiger partial charge is 1.00 e. The van der Waals surface area contributed by atoms with Crippen LogP contribution in [-0.2, 0) is 17.4 Å². The number of hydrogen-bond acceptors (Lipinski definition) is 5. The van der Waals surface area contributed by atoms with Crippen molar-refractivity contribution < 1.29 is 66.1 Å². The molecule has 1 aliphatic rings. The van der Waals surface area contributed by atoms with E-state index in [2.05, 4.69) is 4.98 Å². The fraction of sp³-hybridized carbons (Fsp3) is 0.407. The minimum absolute atomic E-state index is 0. The number of likely N-dealkylation sites (tertiary alicyclic amines) is 1. The van der Waals surface area contributed by atoms with E-state index < -0.39 is 34.8 Å². The summed E-state index contributed by atoms with van der Waals surface area (Å²) < 4.78 is 72.1. The first-order chi connectivity index (χ1) is 18.0. The summed E-state index contributed by atoms with van der Waals surface area (Å²) in [5.41, 5.74) is -1.02. The predicted octanol–water partition coefficient (Wildman–Crippen LogP) is 2.42. The number of aliphatic carboxylic acids is 1. The van der Waals surface area contributed by atoms with Gasteiger partial charge in [-0.1, -0.05) is 11.6 Å². The van der Waals surface area contributed by atoms with Crippen molar-refractivity contribution in [2.24, 2.45) is 5.41 Å². The Morgan fingerprint density at radius 3 is 2.51 bits per heavy atom. The Morgan fingerprint density at radius 1 is 1.13 bits per heavy atom. The minimum Gasteiger partial charge on any atom is -0.550 e. The Bertz CT molecular complexity index is 1320. The molecule has 12 heteroatoms. The van der Waals surface area contributed by atoms with E-state index in [4.69, 9.17) is 16.3 Å². The summed E-state index contributed by atoms with van der Waals surface area (Å²) in [6, 6.07) is 6.23. The van der Waals surface area contributed by atoms with Crippen LogP contribution in [0.1, 0.15) is 36.8 Å². The van der Waals surface area contributed by atoms with Gasteiger partial charge < -0.3 is 14.6 Å². The minimum atomic E-state index is -4.52. The smallest absolute Gasteiger partial charge is 0.550 e. The van der Waals surface area contributed by atoms with Gasteiger partial charge in [-0.15, -0.1) is 0 Å². The summed E-state index contributed by atoms with van der Waals surface area (Å²) in [6.45, 7) is 1.39. The zero-order valence-corrected chi connectivity index (χ0v) is 24.0. The first-order valence-electron chi connectivity index (χ1n) is 12.1. The van der Waals surface area contributed by atoms with Crippen molar-refractivity contribution in [3.8, 4) is 5.75 Å². The van der Waals surface area contributed by atoms with Gasteiger partial charge in [-0.05, 0) is 81.1 Å². The number of carbonyl (C=O) groups excluding carboxylic acids is 1. The molecule has 3 aromatic rings. The Kier molecular flexibility index (Phi) is 10.6. The van der Waals surface area contributed by atoms with Gasteiger partial charge in [0.2, 0.25) is 0 Å². The number of pyridine rings is 1. The summed E-state index contributed by atoms with van der Waals surface area (Å²) in [7, 11) is 0. The normalized spacial score (nSPS) is 15.6. The predicted molar refractivity (Wildman–Crippen MR) is 130 cm³/mol. The molecule has 1 fully saturated rings. The third kappa shape index (κ3) is 7.61. The van der Waals surface area contributed by atoms with Gasteiger partial charge in [-0.3, -0.25) is 9.88 Å². The van der Waals surface area contributed by atoms with Crippen LogP contribution in [0, 0.1) is 17.0 Å². The van der Waals surface area contributed by atoms with E-state index in [9.17, 15) is 31.9 Å². The van der Waals surface area contributed by atoms with Crippen molar-refractivity contribution in [2.75, 3.05) is 26.2 Å². The van der Waals surface area contributed by atoms with E-state index in [0.29, 0.717) is 55.4 Å². The summed E-state index contributed by atoms with van der Waals surface area (Å²) in [5.74, 6) is -2.63. The molecule has 4 rings (SSSR count). The molecule has 0 radical (unpaired) electrons. The first-order valence-corrected chi connectivity index (χ1v) is 12.5. The van der Waals surface area contributed by atoms with Crippen LogP contribution >= 0.6 is 11.6 Å². The van der Waals surface area contributed by atoms with Crippen molar-refractivity contribution in [1.82, 2.24) is 9.88 Å². The number of alkyl halides is 3. The molecule has 1 saturated heterocycles. The number of aryl methyl sites for hydroxylation is 1. The Balaban J connectivity index is 0.00000420. The van der Waals surface area contributed by atoms with Gasteiger partial charge in [-0.25, -0.2) is 8.78 Å². The average molecular weight is 579 g/mol. The molecule has 1 aliphatic heterocycles. The van der Waals surface area contributed by atoms with Gasteiger partial charge in [0.1, 0.15) is 12.4 Å². The molecule has 0 amide bonds. The van der Waals surface area contributed by atoms with Gasteiger partial charge in [0, 0.05) is 35.6 Å². The second-order valence-electron chi connectivity index (χ2n) is 9.50. The number of ether oxygens (including phenoxy) is 1. The third-order valence-corrected chi connectivity index (χ3v) is 7.47. The molecular formula is C27H25ClF5N2NaO3. The number of piperidine rings is 1. The quantitative estimate of drug-likeness (QED) is 0.288. The number of carboxylic acids is 1. The Labute approximate surface area is 249 Å². The molecule has 0 atom stereocenters. The first kappa shape index (κ1) is 31.5. The number of carbonyl (C=O) groups is 1. The summed E-state index contributed by atoms with van der Waals surface area (Å²) in [5, 5.41) is 12.7. The number of hydrogen-bond donors (Lipinski definition) is 0. The van der Waals surface area contributed by atoms with Crippen LogP contribution in [0.4, 0.5) is 22.0 Å². The van der Waals surface area contributed by atoms with Crippen molar-refractivity contribution >= 4 is 28.5 Å². The molecule has 0 unspecified atom stereocenters. The summed E-state index contributed by atoms with van der Waals surface area (Å²) >= 11 is 6.28. The number of aromatic nitrogens is 1. The SMILES string of the molecule is O=C([O-])C1(CCCc2c(Cl)cnc3ccc(C(F)(F)F)cc23)CCN(CCOc2cc(F)ccc2F)CC1.[Na+]. The maximum absolute atomic E-state index is 13.7. The molecule has 0 N–H and O–H groups in total. The van der Waals surface area contributed by atoms with E-state index in [1.54, 1.807) is 0 Å². The molecule has 2 aromatic carbocycles. The van der Waals surface area contributed by atoms with E-state index in [1.807, 2.05) is 4.90 Å². The number of fused-ring (bicyclic) bond motifs is 1. The molecule has 0 saturated carbocycles. The van der Waals surface area contributed by atoms with Crippen molar-refractivity contribution in [3.05, 3.63) is 70.4 Å². The number of rotatable bonds is 9. The van der Waals surface area contributed by atoms with Crippen molar-refractivity contribution in [3.63, 3.8) is 0 Å². The third-order valence-electron chi connectivity index (χ3n) is 7.14. The van der Waals surface area contributed by atoms with Crippen LogP contribution in [0.2, 0.25) is 5.02 Å². The van der Waals surface area contributed by atoms with Crippen LogP contribution in [-0.4, -0.2) is 42.1 Å². The summed E-state index contributed by atoms with van der Waals surface area (Å²) in [6.07, 6.45) is -1.57. The number of carboxylic acid groups (broad SMARTS) is 1. The number of benzene rings is 2. The molecular weight excluding hydrogens is 554 g/mol. The van der Waals surface area contributed by atoms with Crippen LogP contribution in [0.25, 0.3) is 10.9 Å². The zero-order valence-electron chi connectivity index (χ0n) is 21.3. The van der Waals surface area contributed by atoms with Crippen molar-refractivity contribution in [2.45, 2.75) is 38.3 Å². The van der Waals surface area contributed by atoms with E-state index in [-0.39, 0.29) is 59.8 Å². The number of nitrogens with zero attached hydrogens (tertiary/aromatic N) is 2. The fourth-order valence-corrected chi connectivity index (χ4v) is 5.14. The topological polar surface area (TPSA) is 65.5 Å². The maximum Gasteiger partial charge on any atom is 1.00 e. The van der Waals surface area contributed by atoms with Crippen LogP contribution in [0.15, 0.2) is 42.6 Å². The van der Waals surface area contributed by atoms with E-state index in [1.165, 1.54) is 12.3 Å². The van der Waals surface area contributed by atoms with Crippen LogP contribution in [0.5, 0.6) is 5.75 Å². The zero-order chi connectivity index (χ0) is 27.5. The van der Waals surface area contributed by atoms with Crippen molar-refractivity contribution in [1.29, 1.82) is 0 Å². The Morgan fingerprint density at radius 2 is 1.85 bits per heavy atom.